The minimum Gasteiger partial charge on any atom is -0.293 e. The molecule has 136 valence electrons. The van der Waals surface area contributed by atoms with Gasteiger partial charge in [-0.3, -0.25) is 19.4 Å². The molecule has 27 heavy (non-hydrogen) atoms. The van der Waals surface area contributed by atoms with Gasteiger partial charge < -0.3 is 0 Å². The van der Waals surface area contributed by atoms with Gasteiger partial charge in [0.25, 0.3) is 5.91 Å². The standard InChI is InChI=1S/C19H13BrClN3O3/c1-10(25)16-15-17(24(22-16)13-7-5-11(20)6-8-13)19(27)23(18(15)26)14-4-2-3-12(21)9-14/h2-9,15,17H,1H3/t15-,17-/m1/s1. The van der Waals surface area contributed by atoms with Gasteiger partial charge >= 0.3 is 0 Å². The highest BCUT2D eigenvalue weighted by atomic mass is 79.9. The Bertz CT molecular complexity index is 1010. The summed E-state index contributed by atoms with van der Waals surface area (Å²) in [7, 11) is 0. The predicted octanol–water partition coefficient (Wildman–Crippen LogP) is 3.43. The van der Waals surface area contributed by atoms with E-state index in [0.29, 0.717) is 16.4 Å². The van der Waals surface area contributed by atoms with Crippen molar-refractivity contribution < 1.29 is 14.4 Å². The molecule has 2 amide bonds. The first-order chi connectivity index (χ1) is 12.9. The molecule has 2 aromatic carbocycles. The summed E-state index contributed by atoms with van der Waals surface area (Å²) in [5.74, 6) is -2.17. The fourth-order valence-electron chi connectivity index (χ4n) is 3.38. The molecule has 1 saturated heterocycles. The molecule has 0 unspecified atom stereocenters. The van der Waals surface area contributed by atoms with E-state index in [1.807, 2.05) is 12.1 Å². The minimum absolute atomic E-state index is 0.0887. The number of anilines is 2. The Kier molecular flexibility index (Phi) is 4.36. The Morgan fingerprint density at radius 2 is 1.78 bits per heavy atom. The number of hydrogen-bond acceptors (Lipinski definition) is 5. The van der Waals surface area contributed by atoms with Gasteiger partial charge in [0, 0.05) is 16.4 Å². The SMILES string of the molecule is CC(=O)C1=NN(c2ccc(Br)cc2)[C@H]2C(=O)N(c3cccc(Cl)c3)C(=O)[C@H]12. The third kappa shape index (κ3) is 2.87. The van der Waals surface area contributed by atoms with Gasteiger partial charge in [-0.15, -0.1) is 0 Å². The predicted molar refractivity (Wildman–Crippen MR) is 106 cm³/mol. The second-order valence-corrected chi connectivity index (χ2v) is 7.63. The van der Waals surface area contributed by atoms with Crippen molar-refractivity contribution in [2.45, 2.75) is 13.0 Å². The number of hydrogen-bond donors (Lipinski definition) is 0. The Hall–Kier alpha value is -2.51. The summed E-state index contributed by atoms with van der Waals surface area (Å²) < 4.78 is 0.868. The van der Waals surface area contributed by atoms with Crippen LogP contribution in [0.5, 0.6) is 0 Å². The molecule has 2 aliphatic heterocycles. The van der Waals surface area contributed by atoms with Crippen LogP contribution in [0.3, 0.4) is 0 Å². The number of ketones is 1. The van der Waals surface area contributed by atoms with E-state index in [1.54, 1.807) is 36.4 Å². The van der Waals surface area contributed by atoms with E-state index in [-0.39, 0.29) is 11.5 Å². The van der Waals surface area contributed by atoms with E-state index in [1.165, 1.54) is 11.9 Å². The summed E-state index contributed by atoms with van der Waals surface area (Å²) in [5.41, 5.74) is 1.09. The molecule has 6 nitrogen and oxygen atoms in total. The summed E-state index contributed by atoms with van der Waals surface area (Å²) in [6, 6.07) is 12.8. The smallest absolute Gasteiger partial charge is 0.259 e. The van der Waals surface area contributed by atoms with E-state index in [4.69, 9.17) is 11.6 Å². The molecule has 2 aliphatic rings. The van der Waals surface area contributed by atoms with Crippen molar-refractivity contribution in [1.82, 2.24) is 0 Å². The monoisotopic (exact) mass is 445 g/mol. The van der Waals surface area contributed by atoms with E-state index >= 15 is 0 Å². The molecule has 4 rings (SSSR count). The number of fused-ring (bicyclic) bond motifs is 1. The molecule has 2 atom stereocenters. The summed E-state index contributed by atoms with van der Waals surface area (Å²) in [5, 5.41) is 6.18. The number of halogens is 2. The number of carbonyl (C=O) groups excluding carboxylic acids is 3. The summed E-state index contributed by atoms with van der Waals surface area (Å²) in [6.45, 7) is 1.35. The fourth-order valence-corrected chi connectivity index (χ4v) is 3.83. The molecule has 0 radical (unpaired) electrons. The average Bonchev–Trinajstić information content (AvgIpc) is 3.13. The van der Waals surface area contributed by atoms with E-state index in [2.05, 4.69) is 21.0 Å². The van der Waals surface area contributed by atoms with Gasteiger partial charge in [-0.25, -0.2) is 4.90 Å². The Morgan fingerprint density at radius 3 is 2.41 bits per heavy atom. The van der Waals surface area contributed by atoms with Crippen LogP contribution in [0.25, 0.3) is 0 Å². The largest absolute Gasteiger partial charge is 0.293 e. The molecule has 1 fully saturated rings. The molecule has 0 aliphatic carbocycles. The number of amides is 2. The van der Waals surface area contributed by atoms with Gasteiger partial charge in [-0.05, 0) is 42.5 Å². The first-order valence-electron chi connectivity index (χ1n) is 8.16. The zero-order valence-corrected chi connectivity index (χ0v) is 16.4. The lowest BCUT2D eigenvalue weighted by atomic mass is 9.95. The maximum absolute atomic E-state index is 13.2. The highest BCUT2D eigenvalue weighted by Crippen LogP contribution is 2.38. The van der Waals surface area contributed by atoms with Gasteiger partial charge in [-0.2, -0.15) is 5.10 Å². The van der Waals surface area contributed by atoms with Crippen molar-refractivity contribution in [1.29, 1.82) is 0 Å². The quantitative estimate of drug-likeness (QED) is 0.678. The van der Waals surface area contributed by atoms with Crippen molar-refractivity contribution in [3.63, 3.8) is 0 Å². The van der Waals surface area contributed by atoms with E-state index < -0.39 is 23.8 Å². The molecule has 0 N–H and O–H groups in total. The van der Waals surface area contributed by atoms with Crippen molar-refractivity contribution in [2.75, 3.05) is 9.91 Å². The van der Waals surface area contributed by atoms with Crippen molar-refractivity contribution >= 4 is 62.2 Å². The lowest BCUT2D eigenvalue weighted by Crippen LogP contribution is -2.39. The minimum atomic E-state index is -0.933. The normalized spacial score (nSPS) is 21.5. The van der Waals surface area contributed by atoms with Gasteiger partial charge in [-0.1, -0.05) is 33.6 Å². The zero-order valence-electron chi connectivity index (χ0n) is 14.1. The number of imide groups is 1. The lowest BCUT2D eigenvalue weighted by Gasteiger charge is -2.22. The molecule has 0 saturated carbocycles. The average molecular weight is 447 g/mol. The second kappa shape index (κ2) is 6.58. The molecule has 0 bridgehead atoms. The summed E-state index contributed by atoms with van der Waals surface area (Å²) in [6.07, 6.45) is 0. The highest BCUT2D eigenvalue weighted by Gasteiger charge is 2.58. The van der Waals surface area contributed by atoms with Crippen LogP contribution in [0.15, 0.2) is 58.1 Å². The van der Waals surface area contributed by atoms with Crippen LogP contribution in [-0.2, 0) is 14.4 Å². The van der Waals surface area contributed by atoms with Crippen LogP contribution in [0.2, 0.25) is 5.02 Å². The summed E-state index contributed by atoms with van der Waals surface area (Å²) in [4.78, 5) is 39.4. The molecule has 2 aromatic rings. The van der Waals surface area contributed by atoms with Gasteiger partial charge in [0.15, 0.2) is 5.78 Å². The van der Waals surface area contributed by atoms with Crippen molar-refractivity contribution in [3.05, 3.63) is 58.0 Å². The zero-order chi connectivity index (χ0) is 19.3. The van der Waals surface area contributed by atoms with Crippen molar-refractivity contribution in [2.24, 2.45) is 11.0 Å². The van der Waals surface area contributed by atoms with Crippen molar-refractivity contribution in [3.8, 4) is 0 Å². The second-order valence-electron chi connectivity index (χ2n) is 6.28. The van der Waals surface area contributed by atoms with Gasteiger partial charge in [0.2, 0.25) is 5.91 Å². The molecule has 8 heteroatoms. The Balaban J connectivity index is 1.80. The lowest BCUT2D eigenvalue weighted by molar-refractivity contribution is -0.122. The molecular formula is C19H13BrClN3O3. The third-order valence-electron chi connectivity index (χ3n) is 4.57. The first-order valence-corrected chi connectivity index (χ1v) is 9.33. The van der Waals surface area contributed by atoms with Gasteiger partial charge in [0.05, 0.1) is 11.4 Å². The number of benzene rings is 2. The molecule has 0 spiro atoms. The van der Waals surface area contributed by atoms with Gasteiger partial charge in [0.1, 0.15) is 17.7 Å². The van der Waals surface area contributed by atoms with Crippen LogP contribution < -0.4 is 9.91 Å². The topological polar surface area (TPSA) is 70.1 Å². The highest BCUT2D eigenvalue weighted by molar-refractivity contribution is 9.10. The molecule has 0 aromatic heterocycles. The Morgan fingerprint density at radius 1 is 1.07 bits per heavy atom. The number of hydrazone groups is 1. The fraction of sp³-hybridized carbons (Fsp3) is 0.158. The Labute approximate surface area is 168 Å². The number of Topliss-reactive ketones (excluding diaryl/α,β-unsaturated/α-hetero) is 1. The summed E-state index contributed by atoms with van der Waals surface area (Å²) >= 11 is 9.38. The number of carbonyl (C=O) groups is 3. The van der Waals surface area contributed by atoms with E-state index in [0.717, 1.165) is 9.37 Å². The number of nitrogens with zero attached hydrogens (tertiary/aromatic N) is 3. The van der Waals surface area contributed by atoms with Crippen LogP contribution in [0, 0.1) is 5.92 Å². The maximum Gasteiger partial charge on any atom is 0.259 e. The van der Waals surface area contributed by atoms with Crippen LogP contribution in [0.4, 0.5) is 11.4 Å². The third-order valence-corrected chi connectivity index (χ3v) is 5.33. The van der Waals surface area contributed by atoms with Crippen LogP contribution in [0.1, 0.15) is 6.92 Å². The van der Waals surface area contributed by atoms with Crippen LogP contribution >= 0.6 is 27.5 Å². The molecule has 2 heterocycles. The van der Waals surface area contributed by atoms with Crippen LogP contribution in [-0.4, -0.2) is 29.4 Å². The number of rotatable bonds is 3. The molecular weight excluding hydrogens is 434 g/mol. The van der Waals surface area contributed by atoms with E-state index in [9.17, 15) is 14.4 Å². The maximum atomic E-state index is 13.2. The first kappa shape index (κ1) is 17.9.